The molecule has 2 N–H and O–H groups in total. The van der Waals surface area contributed by atoms with E-state index in [0.717, 1.165) is 45.8 Å². The van der Waals surface area contributed by atoms with E-state index < -0.39 is 0 Å². The van der Waals surface area contributed by atoms with Crippen LogP contribution in [0.15, 0.2) is 76.1 Å². The van der Waals surface area contributed by atoms with Crippen LogP contribution in [0.1, 0.15) is 6.42 Å². The third kappa shape index (κ3) is 2.38. The van der Waals surface area contributed by atoms with E-state index in [1.165, 1.54) is 6.39 Å². The zero-order valence-corrected chi connectivity index (χ0v) is 14.7. The quantitative estimate of drug-likeness (QED) is 0.576. The summed E-state index contributed by atoms with van der Waals surface area (Å²) >= 11 is 0. The van der Waals surface area contributed by atoms with Gasteiger partial charge in [-0.05, 0) is 24.6 Å². The Balaban J connectivity index is 1.42. The van der Waals surface area contributed by atoms with Crippen molar-refractivity contribution >= 4 is 28.9 Å². The minimum absolute atomic E-state index is 0.199. The highest BCUT2D eigenvalue weighted by Crippen LogP contribution is 2.27. The Labute approximate surface area is 159 Å². The largest absolute Gasteiger partial charge is 0.443 e. The molecule has 28 heavy (non-hydrogen) atoms. The SMILES string of the molecule is C1=NC2CC=C(Nc3nc(-c4ccc5ncoc5c4)cn4ccnc34)C=C2N1. The third-order valence-electron chi connectivity index (χ3n) is 4.98. The van der Waals surface area contributed by atoms with Gasteiger partial charge in [-0.25, -0.2) is 15.0 Å². The van der Waals surface area contributed by atoms with Crippen LogP contribution in [0.25, 0.3) is 28.0 Å². The van der Waals surface area contributed by atoms with Crippen LogP contribution in [0.2, 0.25) is 0 Å². The molecule has 3 aromatic heterocycles. The number of oxazole rings is 1. The molecule has 4 heterocycles. The maximum atomic E-state index is 5.44. The Morgan fingerprint density at radius 1 is 1.25 bits per heavy atom. The van der Waals surface area contributed by atoms with Crippen LogP contribution in [-0.4, -0.2) is 31.7 Å². The summed E-state index contributed by atoms with van der Waals surface area (Å²) in [6.07, 6.45) is 13.9. The first kappa shape index (κ1) is 15.2. The van der Waals surface area contributed by atoms with Gasteiger partial charge < -0.3 is 19.5 Å². The summed E-state index contributed by atoms with van der Waals surface area (Å²) in [5.74, 6) is 0.695. The molecule has 0 amide bonds. The van der Waals surface area contributed by atoms with Crippen molar-refractivity contribution in [3.63, 3.8) is 0 Å². The number of anilines is 1. The predicted molar refractivity (Wildman–Crippen MR) is 106 cm³/mol. The van der Waals surface area contributed by atoms with Gasteiger partial charge in [-0.15, -0.1) is 0 Å². The summed E-state index contributed by atoms with van der Waals surface area (Å²) in [5, 5.41) is 6.61. The van der Waals surface area contributed by atoms with Crippen molar-refractivity contribution in [1.29, 1.82) is 0 Å². The Morgan fingerprint density at radius 3 is 3.25 bits per heavy atom. The van der Waals surface area contributed by atoms with Crippen molar-refractivity contribution in [2.45, 2.75) is 12.5 Å². The molecule has 1 unspecified atom stereocenters. The average Bonchev–Trinajstić information content (AvgIpc) is 3.46. The van der Waals surface area contributed by atoms with E-state index in [2.05, 4.69) is 37.7 Å². The summed E-state index contributed by atoms with van der Waals surface area (Å²) in [4.78, 5) is 17.8. The lowest BCUT2D eigenvalue weighted by Crippen LogP contribution is -2.18. The van der Waals surface area contributed by atoms with E-state index in [1.54, 1.807) is 12.5 Å². The van der Waals surface area contributed by atoms with Gasteiger partial charge in [0.2, 0.25) is 0 Å². The molecule has 1 atom stereocenters. The number of fused-ring (bicyclic) bond motifs is 3. The van der Waals surface area contributed by atoms with Crippen LogP contribution in [0, 0.1) is 0 Å². The number of imidazole rings is 1. The molecule has 0 spiro atoms. The van der Waals surface area contributed by atoms with Crippen LogP contribution in [0.3, 0.4) is 0 Å². The van der Waals surface area contributed by atoms with Crippen LogP contribution in [0.5, 0.6) is 0 Å². The van der Waals surface area contributed by atoms with Gasteiger partial charge in [0.25, 0.3) is 0 Å². The predicted octanol–water partition coefficient (Wildman–Crippen LogP) is 3.12. The minimum Gasteiger partial charge on any atom is -0.443 e. The molecular formula is C20H15N7O. The summed E-state index contributed by atoms with van der Waals surface area (Å²) in [5.41, 5.74) is 6.16. The van der Waals surface area contributed by atoms with Gasteiger partial charge >= 0.3 is 0 Å². The van der Waals surface area contributed by atoms with E-state index in [0.29, 0.717) is 5.82 Å². The van der Waals surface area contributed by atoms with E-state index in [4.69, 9.17) is 9.40 Å². The first-order valence-corrected chi connectivity index (χ1v) is 8.98. The minimum atomic E-state index is 0.199. The highest BCUT2D eigenvalue weighted by Gasteiger charge is 2.20. The second kappa shape index (κ2) is 5.78. The molecule has 136 valence electrons. The standard InChI is InChI=1S/C20H15N7O/c1-3-15-18(28-11-24-15)7-12(1)17-9-27-6-5-21-20(27)19(26-17)25-13-2-4-14-16(8-13)23-10-22-14/h1-3,5-11,14H,4H2,(H,22,23)(H,25,26). The lowest BCUT2D eigenvalue weighted by Gasteiger charge is -2.17. The molecular weight excluding hydrogens is 354 g/mol. The van der Waals surface area contributed by atoms with E-state index in [-0.39, 0.29) is 6.04 Å². The molecule has 4 aromatic rings. The lowest BCUT2D eigenvalue weighted by molar-refractivity contribution is 0.602. The molecule has 8 nitrogen and oxygen atoms in total. The van der Waals surface area contributed by atoms with Crippen LogP contribution in [-0.2, 0) is 0 Å². The van der Waals surface area contributed by atoms with Gasteiger partial charge in [0.1, 0.15) is 5.52 Å². The molecule has 6 rings (SSSR count). The first-order valence-electron chi connectivity index (χ1n) is 8.98. The van der Waals surface area contributed by atoms with Crippen molar-refractivity contribution in [3.05, 3.63) is 66.7 Å². The Kier molecular flexibility index (Phi) is 3.13. The van der Waals surface area contributed by atoms with Gasteiger partial charge in [0.15, 0.2) is 23.4 Å². The monoisotopic (exact) mass is 369 g/mol. The zero-order chi connectivity index (χ0) is 18.5. The van der Waals surface area contributed by atoms with Crippen LogP contribution < -0.4 is 10.6 Å². The second-order valence-corrected chi connectivity index (χ2v) is 6.73. The summed E-state index contributed by atoms with van der Waals surface area (Å²) < 4.78 is 7.40. The number of nitrogens with zero attached hydrogens (tertiary/aromatic N) is 5. The number of hydrogen-bond acceptors (Lipinski definition) is 7. The number of hydrogen-bond donors (Lipinski definition) is 2. The zero-order valence-electron chi connectivity index (χ0n) is 14.7. The Bertz CT molecular complexity index is 1310. The van der Waals surface area contributed by atoms with E-state index in [9.17, 15) is 0 Å². The van der Waals surface area contributed by atoms with Gasteiger partial charge in [-0.1, -0.05) is 12.1 Å². The normalized spacial score (nSPS) is 18.1. The number of allylic oxidation sites excluding steroid dienone is 1. The summed E-state index contributed by atoms with van der Waals surface area (Å²) in [6.45, 7) is 0. The molecule has 0 fully saturated rings. The lowest BCUT2D eigenvalue weighted by atomic mass is 10.0. The fourth-order valence-corrected chi connectivity index (χ4v) is 3.56. The topological polar surface area (TPSA) is 92.6 Å². The van der Waals surface area contributed by atoms with Gasteiger partial charge in [-0.2, -0.15) is 0 Å². The number of aliphatic imine (C=N–C) groups is 1. The van der Waals surface area contributed by atoms with E-state index >= 15 is 0 Å². The molecule has 0 bridgehead atoms. The number of rotatable bonds is 3. The highest BCUT2D eigenvalue weighted by atomic mass is 16.3. The summed E-state index contributed by atoms with van der Waals surface area (Å²) in [7, 11) is 0. The highest BCUT2D eigenvalue weighted by molar-refractivity contribution is 5.80. The van der Waals surface area contributed by atoms with Gasteiger partial charge in [0.05, 0.1) is 18.1 Å². The smallest absolute Gasteiger partial charge is 0.181 e. The average molecular weight is 369 g/mol. The molecule has 0 saturated heterocycles. The van der Waals surface area contributed by atoms with Gasteiger partial charge in [-0.3, -0.25) is 4.99 Å². The fourth-order valence-electron chi connectivity index (χ4n) is 3.56. The van der Waals surface area contributed by atoms with E-state index in [1.807, 2.05) is 35.0 Å². The Morgan fingerprint density at radius 2 is 2.25 bits per heavy atom. The van der Waals surface area contributed by atoms with Crippen LogP contribution in [0.4, 0.5) is 5.82 Å². The summed E-state index contributed by atoms with van der Waals surface area (Å²) in [6, 6.07) is 6.07. The maximum Gasteiger partial charge on any atom is 0.181 e. The molecule has 1 aromatic carbocycles. The third-order valence-corrected chi connectivity index (χ3v) is 4.98. The molecule has 2 aliphatic rings. The van der Waals surface area contributed by atoms with Crippen molar-refractivity contribution in [2.75, 3.05) is 5.32 Å². The number of aromatic nitrogens is 4. The van der Waals surface area contributed by atoms with Crippen molar-refractivity contribution in [3.8, 4) is 11.3 Å². The fraction of sp³-hybridized carbons (Fsp3) is 0.100. The number of benzene rings is 1. The Hall–Kier alpha value is -3.94. The van der Waals surface area contributed by atoms with Crippen molar-refractivity contribution in [2.24, 2.45) is 4.99 Å². The second-order valence-electron chi connectivity index (χ2n) is 6.73. The van der Waals surface area contributed by atoms with Crippen molar-refractivity contribution in [1.82, 2.24) is 24.7 Å². The first-order chi connectivity index (χ1) is 13.8. The molecule has 8 heteroatoms. The number of nitrogens with one attached hydrogen (secondary N) is 2. The maximum absolute atomic E-state index is 5.44. The molecule has 1 aliphatic carbocycles. The van der Waals surface area contributed by atoms with Crippen LogP contribution >= 0.6 is 0 Å². The molecule has 1 aliphatic heterocycles. The molecule has 0 saturated carbocycles. The van der Waals surface area contributed by atoms with Crippen molar-refractivity contribution < 1.29 is 4.42 Å². The molecule has 0 radical (unpaired) electrons. The van der Waals surface area contributed by atoms with Gasteiger partial charge in [0, 0.05) is 35.5 Å².